The predicted octanol–water partition coefficient (Wildman–Crippen LogP) is 24.2. The molecule has 0 unspecified atom stereocenters. The highest BCUT2D eigenvalue weighted by molar-refractivity contribution is 5.65. The van der Waals surface area contributed by atoms with Crippen molar-refractivity contribution in [3.05, 3.63) is 143 Å². The second kappa shape index (κ2) is 33.4. The number of benzene rings is 4. The molecule has 6 saturated carbocycles. The van der Waals surface area contributed by atoms with Crippen LogP contribution in [-0.4, -0.2) is 0 Å². The van der Waals surface area contributed by atoms with Crippen LogP contribution >= 0.6 is 0 Å². The molecule has 4 heteroatoms. The quantitative estimate of drug-likeness (QED) is 0.0711. The van der Waals surface area contributed by atoms with Gasteiger partial charge in [0, 0.05) is 5.56 Å². The maximum atomic E-state index is 14.7. The Morgan fingerprint density at radius 1 is 0.450 bits per heavy atom. The summed E-state index contributed by atoms with van der Waals surface area (Å²) in [6, 6.07) is 24.2. The third-order valence-electron chi connectivity index (χ3n) is 21.2. The normalized spacial score (nSPS) is 29.1. The molecule has 0 spiro atoms. The van der Waals surface area contributed by atoms with Gasteiger partial charge in [0.2, 0.25) is 0 Å². The third-order valence-corrected chi connectivity index (χ3v) is 21.2. The SMILES string of the molecule is C/C=C/C1CCC(C2CCC(C)CC2)CC1.C/C=C/CCc1ccc(-c2ccc(C)cc2)cc1.CC1CCC(C2CCC(c3ccc(-c4cc(F)c(F)c(F)c4)c(F)c3)CC2)CC1.CCCC1CCC(C2CCC(CC)CC2)CC1. The molecule has 0 saturated heterocycles. The first-order chi connectivity index (χ1) is 38.8. The fraction of sp³-hybridized carbons (Fsp3) is 0.632. The second-order valence-corrected chi connectivity index (χ2v) is 26.8. The molecule has 0 nitrogen and oxygen atoms in total. The zero-order chi connectivity index (χ0) is 56.8. The van der Waals surface area contributed by atoms with Gasteiger partial charge in [-0.15, -0.1) is 0 Å². The average molecular weight is 1100 g/mol. The van der Waals surface area contributed by atoms with Crippen molar-refractivity contribution in [1.82, 2.24) is 0 Å². The summed E-state index contributed by atoms with van der Waals surface area (Å²) < 4.78 is 54.9. The van der Waals surface area contributed by atoms with Crippen molar-refractivity contribution in [2.45, 2.75) is 241 Å². The highest BCUT2D eigenvalue weighted by atomic mass is 19.2. The van der Waals surface area contributed by atoms with Gasteiger partial charge in [-0.05, 0) is 253 Å². The fourth-order valence-corrected chi connectivity index (χ4v) is 15.7. The molecule has 6 aliphatic rings. The molecule has 0 bridgehead atoms. The maximum absolute atomic E-state index is 14.7. The minimum absolute atomic E-state index is 0.0145. The van der Waals surface area contributed by atoms with Crippen molar-refractivity contribution in [1.29, 1.82) is 0 Å². The Bertz CT molecular complexity index is 2380. The number of aryl methyl sites for hydroxylation is 2. The predicted molar refractivity (Wildman–Crippen MR) is 335 cm³/mol. The van der Waals surface area contributed by atoms with Gasteiger partial charge in [0.1, 0.15) is 5.82 Å². The summed E-state index contributed by atoms with van der Waals surface area (Å²) >= 11 is 0. The van der Waals surface area contributed by atoms with Crippen LogP contribution in [0.15, 0.2) is 103 Å². The first-order valence-corrected chi connectivity index (χ1v) is 33.2. The molecule has 6 fully saturated rings. The molecule has 80 heavy (non-hydrogen) atoms. The van der Waals surface area contributed by atoms with E-state index in [4.69, 9.17) is 0 Å². The van der Waals surface area contributed by atoms with E-state index in [2.05, 4.69) is 121 Å². The molecular weight excluding hydrogens is 989 g/mol. The topological polar surface area (TPSA) is 0 Å². The van der Waals surface area contributed by atoms with E-state index in [-0.39, 0.29) is 11.1 Å². The molecule has 0 radical (unpaired) electrons. The van der Waals surface area contributed by atoms with E-state index >= 15 is 0 Å². The molecule has 10 rings (SSSR count). The molecule has 0 atom stereocenters. The van der Waals surface area contributed by atoms with Crippen molar-refractivity contribution >= 4 is 0 Å². The van der Waals surface area contributed by atoms with Crippen LogP contribution in [0.25, 0.3) is 22.3 Å². The summed E-state index contributed by atoms with van der Waals surface area (Å²) in [7, 11) is 0. The summed E-state index contributed by atoms with van der Waals surface area (Å²) in [5.41, 5.74) is 6.36. The van der Waals surface area contributed by atoms with Crippen LogP contribution in [0, 0.1) is 95.3 Å². The van der Waals surface area contributed by atoms with Crippen LogP contribution in [0.4, 0.5) is 17.6 Å². The van der Waals surface area contributed by atoms with Crippen molar-refractivity contribution in [2.24, 2.45) is 65.1 Å². The Kier molecular flexibility index (Phi) is 26.6. The third kappa shape index (κ3) is 19.6. The smallest absolute Gasteiger partial charge is 0.194 e. The lowest BCUT2D eigenvalue weighted by atomic mass is 9.68. The van der Waals surface area contributed by atoms with Crippen molar-refractivity contribution in [2.75, 3.05) is 0 Å². The van der Waals surface area contributed by atoms with Gasteiger partial charge in [-0.1, -0.05) is 189 Å². The number of rotatable bonds is 13. The fourth-order valence-electron chi connectivity index (χ4n) is 15.7. The lowest BCUT2D eigenvalue weighted by molar-refractivity contribution is 0.142. The number of hydrogen-bond acceptors (Lipinski definition) is 0. The number of halogens is 4. The van der Waals surface area contributed by atoms with E-state index in [9.17, 15) is 17.6 Å². The monoisotopic (exact) mass is 1100 g/mol. The van der Waals surface area contributed by atoms with E-state index < -0.39 is 23.3 Å². The molecule has 0 amide bonds. The van der Waals surface area contributed by atoms with Gasteiger partial charge in [0.25, 0.3) is 0 Å². The lowest BCUT2D eigenvalue weighted by Gasteiger charge is -2.37. The van der Waals surface area contributed by atoms with Gasteiger partial charge in [-0.25, -0.2) is 17.6 Å². The summed E-state index contributed by atoms with van der Waals surface area (Å²) in [5.74, 6) is 6.65. The van der Waals surface area contributed by atoms with Crippen molar-refractivity contribution < 1.29 is 17.6 Å². The summed E-state index contributed by atoms with van der Waals surface area (Å²) in [6.07, 6.45) is 49.9. The zero-order valence-electron chi connectivity index (χ0n) is 51.3. The van der Waals surface area contributed by atoms with Gasteiger partial charge in [-0.2, -0.15) is 0 Å². The Morgan fingerprint density at radius 2 is 0.900 bits per heavy atom. The van der Waals surface area contributed by atoms with Gasteiger partial charge >= 0.3 is 0 Å². The van der Waals surface area contributed by atoms with E-state index in [1.165, 1.54) is 150 Å². The molecule has 0 aromatic heterocycles. The first kappa shape index (κ1) is 63.7. The minimum Gasteiger partial charge on any atom is -0.206 e. The van der Waals surface area contributed by atoms with E-state index in [1.807, 2.05) is 6.07 Å². The highest BCUT2D eigenvalue weighted by Gasteiger charge is 2.33. The van der Waals surface area contributed by atoms with Crippen LogP contribution in [0.2, 0.25) is 0 Å². The number of hydrogen-bond donors (Lipinski definition) is 0. The van der Waals surface area contributed by atoms with Gasteiger partial charge in [-0.3, -0.25) is 0 Å². The van der Waals surface area contributed by atoms with Crippen molar-refractivity contribution in [3.8, 4) is 22.3 Å². The molecule has 0 heterocycles. The molecule has 4 aromatic carbocycles. The summed E-state index contributed by atoms with van der Waals surface area (Å²) in [5, 5.41) is 0. The average Bonchev–Trinajstić information content (AvgIpc) is 3.48. The Morgan fingerprint density at radius 3 is 1.35 bits per heavy atom. The van der Waals surface area contributed by atoms with Crippen LogP contribution in [0.1, 0.15) is 244 Å². The van der Waals surface area contributed by atoms with E-state index in [0.29, 0.717) is 5.92 Å². The van der Waals surface area contributed by atoms with Gasteiger partial charge in [0.05, 0.1) is 0 Å². The maximum Gasteiger partial charge on any atom is 0.194 e. The van der Waals surface area contributed by atoms with Crippen LogP contribution in [0.3, 0.4) is 0 Å². The summed E-state index contributed by atoms with van der Waals surface area (Å²) in [6.45, 7) is 15.8. The minimum atomic E-state index is -1.53. The molecule has 0 N–H and O–H groups in total. The van der Waals surface area contributed by atoms with Crippen LogP contribution < -0.4 is 0 Å². The van der Waals surface area contributed by atoms with Crippen LogP contribution in [0.5, 0.6) is 0 Å². The largest absolute Gasteiger partial charge is 0.206 e. The Labute approximate surface area is 486 Å². The lowest BCUT2D eigenvalue weighted by Crippen LogP contribution is -2.25. The standard InChI is InChI=1S/C25H28F4.C18H20.C17H32.C16H28/c1-15-2-4-16(5-3-15)17-6-8-18(9-7-17)19-10-11-21(22(26)12-19)20-13-23(27)25(29)24(28)14-20;1-3-4-5-6-16-9-13-18(14-10-16)17-11-7-15(2)8-12-17;1-3-5-15-8-12-17(13-9-15)16-10-6-14(4-2)7-11-16;1-3-4-14-7-11-16(12-8-14)15-9-5-13(2)6-10-15/h10-18H,2-9H2,1H3;3-4,7-14H,5-6H2,1-2H3;14-17H,3-13H2,1-2H3;3-4,13-16H,5-12H2,1-2H3/b;4-3+;;4-3+. The van der Waals surface area contributed by atoms with Gasteiger partial charge in [0.15, 0.2) is 17.5 Å². The van der Waals surface area contributed by atoms with E-state index in [1.54, 1.807) is 44.6 Å². The highest BCUT2D eigenvalue weighted by Crippen LogP contribution is 2.46. The van der Waals surface area contributed by atoms with Crippen LogP contribution in [-0.2, 0) is 6.42 Å². The first-order valence-electron chi connectivity index (χ1n) is 33.2. The molecule has 6 aliphatic carbocycles. The Hall–Kier alpha value is -3.92. The molecular formula is C76H108F4. The van der Waals surface area contributed by atoms with E-state index in [0.717, 1.165) is 108 Å². The zero-order valence-corrected chi connectivity index (χ0v) is 51.3. The van der Waals surface area contributed by atoms with Gasteiger partial charge < -0.3 is 0 Å². The Balaban J connectivity index is 0.000000160. The summed E-state index contributed by atoms with van der Waals surface area (Å²) in [4.78, 5) is 0. The number of allylic oxidation sites excluding steroid dienone is 4. The molecule has 0 aliphatic heterocycles. The molecule has 440 valence electrons. The second-order valence-electron chi connectivity index (χ2n) is 26.8. The van der Waals surface area contributed by atoms with Crippen molar-refractivity contribution in [3.63, 3.8) is 0 Å². The molecule has 4 aromatic rings.